The van der Waals surface area contributed by atoms with Gasteiger partial charge in [0, 0.05) is 6.42 Å². The molecule has 0 spiro atoms. The fraction of sp³-hybridized carbons (Fsp3) is 0.912. The van der Waals surface area contributed by atoms with Gasteiger partial charge in [0.05, 0.1) is 18.8 Å². The number of aliphatic hydroxyl groups is 2. The van der Waals surface area contributed by atoms with E-state index in [0.29, 0.717) is 6.42 Å². The van der Waals surface area contributed by atoms with Gasteiger partial charge in [-0.15, -0.1) is 0 Å². The molecule has 0 aromatic carbocycles. The molecule has 2 atom stereocenters. The molecular formula is C34H67NO3. The largest absolute Gasteiger partial charge is 0.394 e. The van der Waals surface area contributed by atoms with Gasteiger partial charge in [0.1, 0.15) is 0 Å². The topological polar surface area (TPSA) is 69.6 Å². The zero-order valence-corrected chi connectivity index (χ0v) is 25.7. The third-order valence-corrected chi connectivity index (χ3v) is 7.77. The second kappa shape index (κ2) is 30.7. The summed E-state index contributed by atoms with van der Waals surface area (Å²) in [5.41, 5.74) is 0. The lowest BCUT2D eigenvalue weighted by atomic mass is 10.0. The van der Waals surface area contributed by atoms with Crippen LogP contribution in [0.2, 0.25) is 0 Å². The summed E-state index contributed by atoms with van der Waals surface area (Å²) in [4.78, 5) is 12.2. The Labute approximate surface area is 237 Å². The van der Waals surface area contributed by atoms with Crippen molar-refractivity contribution in [1.82, 2.24) is 5.32 Å². The highest BCUT2D eigenvalue weighted by Gasteiger charge is 2.17. The molecule has 38 heavy (non-hydrogen) atoms. The summed E-state index contributed by atoms with van der Waals surface area (Å²) in [6.45, 7) is 4.29. The molecule has 226 valence electrons. The highest BCUT2D eigenvalue weighted by Crippen LogP contribution is 2.14. The summed E-state index contributed by atoms with van der Waals surface area (Å²) in [6.07, 6.45) is 35.7. The van der Waals surface area contributed by atoms with E-state index < -0.39 is 12.1 Å². The standard InChI is InChI=1S/C34H67NO3/c1-3-5-7-9-11-13-15-17-19-21-23-25-27-29-33(37)32(31-36)35-34(38)30-28-26-24-22-20-18-16-14-12-10-8-6-4-2/h27,29,32-33,36-37H,3-26,28,30-31H2,1-2H3,(H,35,38)/b29-27+/t32-,33?/m1/s1. The molecule has 0 fully saturated rings. The molecule has 0 aliphatic heterocycles. The predicted molar refractivity (Wildman–Crippen MR) is 166 cm³/mol. The fourth-order valence-corrected chi connectivity index (χ4v) is 5.12. The van der Waals surface area contributed by atoms with Gasteiger partial charge in [-0.2, -0.15) is 0 Å². The van der Waals surface area contributed by atoms with E-state index in [2.05, 4.69) is 19.2 Å². The lowest BCUT2D eigenvalue weighted by molar-refractivity contribution is -0.123. The number of carbonyl (C=O) groups excluding carboxylic acids is 1. The number of hydrogen-bond acceptors (Lipinski definition) is 3. The van der Waals surface area contributed by atoms with Crippen molar-refractivity contribution in [3.8, 4) is 0 Å². The van der Waals surface area contributed by atoms with Crippen LogP contribution in [-0.4, -0.2) is 34.9 Å². The lowest BCUT2D eigenvalue weighted by Gasteiger charge is -2.20. The Morgan fingerprint density at radius 3 is 1.37 bits per heavy atom. The number of allylic oxidation sites excluding steroid dienone is 1. The molecule has 0 rings (SSSR count). The summed E-state index contributed by atoms with van der Waals surface area (Å²) >= 11 is 0. The first-order chi connectivity index (χ1) is 18.7. The Morgan fingerprint density at radius 2 is 0.974 bits per heavy atom. The van der Waals surface area contributed by atoms with Gasteiger partial charge in [-0.25, -0.2) is 0 Å². The monoisotopic (exact) mass is 538 g/mol. The number of rotatable bonds is 30. The second-order valence-corrected chi connectivity index (χ2v) is 11.6. The van der Waals surface area contributed by atoms with E-state index in [4.69, 9.17) is 0 Å². The maximum absolute atomic E-state index is 12.2. The van der Waals surface area contributed by atoms with Gasteiger partial charge in [-0.3, -0.25) is 4.79 Å². The smallest absolute Gasteiger partial charge is 0.220 e. The third-order valence-electron chi connectivity index (χ3n) is 7.77. The van der Waals surface area contributed by atoms with Gasteiger partial charge in [0.25, 0.3) is 0 Å². The number of nitrogens with one attached hydrogen (secondary N) is 1. The van der Waals surface area contributed by atoms with Crippen LogP contribution >= 0.6 is 0 Å². The van der Waals surface area contributed by atoms with Gasteiger partial charge >= 0.3 is 0 Å². The van der Waals surface area contributed by atoms with Crippen molar-refractivity contribution < 1.29 is 15.0 Å². The van der Waals surface area contributed by atoms with Gasteiger partial charge in [-0.1, -0.05) is 167 Å². The van der Waals surface area contributed by atoms with Crippen molar-refractivity contribution in [2.24, 2.45) is 0 Å². The Hall–Kier alpha value is -0.870. The molecule has 0 aromatic heterocycles. The molecule has 0 aromatic rings. The molecule has 1 unspecified atom stereocenters. The molecule has 4 nitrogen and oxygen atoms in total. The molecule has 0 radical (unpaired) electrons. The average Bonchev–Trinajstić information content (AvgIpc) is 2.92. The number of carbonyl (C=O) groups is 1. The van der Waals surface area contributed by atoms with Crippen LogP contribution in [-0.2, 0) is 4.79 Å². The molecule has 0 aliphatic rings. The van der Waals surface area contributed by atoms with Crippen LogP contribution < -0.4 is 5.32 Å². The highest BCUT2D eigenvalue weighted by molar-refractivity contribution is 5.76. The number of unbranched alkanes of at least 4 members (excludes halogenated alkanes) is 23. The Balaban J connectivity index is 3.63. The minimum atomic E-state index is -0.830. The average molecular weight is 538 g/mol. The predicted octanol–water partition coefficient (Wildman–Crippen LogP) is 9.56. The first-order valence-corrected chi connectivity index (χ1v) is 16.9. The van der Waals surface area contributed by atoms with E-state index in [9.17, 15) is 15.0 Å². The van der Waals surface area contributed by atoms with Crippen molar-refractivity contribution in [2.45, 2.75) is 193 Å². The molecule has 1 amide bonds. The van der Waals surface area contributed by atoms with E-state index in [1.807, 2.05) is 6.08 Å². The van der Waals surface area contributed by atoms with Crippen molar-refractivity contribution in [1.29, 1.82) is 0 Å². The highest BCUT2D eigenvalue weighted by atomic mass is 16.3. The number of hydrogen-bond donors (Lipinski definition) is 3. The van der Waals surface area contributed by atoms with Crippen LogP contribution in [0.5, 0.6) is 0 Å². The number of aliphatic hydroxyl groups excluding tert-OH is 2. The summed E-state index contributed by atoms with van der Waals surface area (Å²) in [6, 6.07) is -0.613. The first kappa shape index (κ1) is 37.1. The van der Waals surface area contributed by atoms with Crippen LogP contribution in [0.3, 0.4) is 0 Å². The van der Waals surface area contributed by atoms with Crippen molar-refractivity contribution >= 4 is 5.91 Å². The molecular weight excluding hydrogens is 470 g/mol. The summed E-state index contributed by atoms with van der Waals surface area (Å²) < 4.78 is 0. The Kier molecular flexibility index (Phi) is 30.0. The zero-order chi connectivity index (χ0) is 27.9. The van der Waals surface area contributed by atoms with Crippen molar-refractivity contribution in [3.63, 3.8) is 0 Å². The second-order valence-electron chi connectivity index (χ2n) is 11.6. The third kappa shape index (κ3) is 26.7. The van der Waals surface area contributed by atoms with Crippen LogP contribution in [0.15, 0.2) is 12.2 Å². The molecule has 0 heterocycles. The van der Waals surface area contributed by atoms with E-state index in [-0.39, 0.29) is 12.5 Å². The minimum absolute atomic E-state index is 0.0649. The van der Waals surface area contributed by atoms with Gasteiger partial charge in [0.2, 0.25) is 5.91 Å². The maximum atomic E-state index is 12.2. The first-order valence-electron chi connectivity index (χ1n) is 16.9. The van der Waals surface area contributed by atoms with Crippen LogP contribution in [0.1, 0.15) is 181 Å². The van der Waals surface area contributed by atoms with Gasteiger partial charge in [-0.05, 0) is 19.3 Å². The van der Waals surface area contributed by atoms with E-state index in [0.717, 1.165) is 25.7 Å². The fourth-order valence-electron chi connectivity index (χ4n) is 5.12. The van der Waals surface area contributed by atoms with E-state index in [1.165, 1.54) is 135 Å². The minimum Gasteiger partial charge on any atom is -0.394 e. The molecule has 0 bridgehead atoms. The molecule has 0 aliphatic carbocycles. The van der Waals surface area contributed by atoms with Crippen molar-refractivity contribution in [3.05, 3.63) is 12.2 Å². The Bertz CT molecular complexity index is 508. The number of amides is 1. The van der Waals surface area contributed by atoms with Gasteiger partial charge in [0.15, 0.2) is 0 Å². The zero-order valence-electron chi connectivity index (χ0n) is 25.7. The summed E-state index contributed by atoms with van der Waals surface area (Å²) in [5.74, 6) is -0.0649. The maximum Gasteiger partial charge on any atom is 0.220 e. The molecule has 4 heteroatoms. The lowest BCUT2D eigenvalue weighted by Crippen LogP contribution is -2.45. The van der Waals surface area contributed by atoms with E-state index in [1.54, 1.807) is 6.08 Å². The van der Waals surface area contributed by atoms with Crippen LogP contribution in [0.4, 0.5) is 0 Å². The normalized spacial score (nSPS) is 13.3. The molecule has 0 saturated carbocycles. The molecule has 0 saturated heterocycles. The van der Waals surface area contributed by atoms with Gasteiger partial charge < -0.3 is 15.5 Å². The molecule has 3 N–H and O–H groups in total. The van der Waals surface area contributed by atoms with Crippen LogP contribution in [0.25, 0.3) is 0 Å². The van der Waals surface area contributed by atoms with E-state index >= 15 is 0 Å². The SMILES string of the molecule is CCCCCCCCCCCCC/C=C/C(O)[C@@H](CO)NC(=O)CCCCCCCCCCCCCCC. The van der Waals surface area contributed by atoms with Crippen LogP contribution in [0, 0.1) is 0 Å². The summed E-state index contributed by atoms with van der Waals surface area (Å²) in [5, 5.41) is 22.8. The van der Waals surface area contributed by atoms with Crippen molar-refractivity contribution in [2.75, 3.05) is 6.61 Å². The Morgan fingerprint density at radius 1 is 0.605 bits per heavy atom. The quantitative estimate of drug-likeness (QED) is 0.0631. The summed E-state index contributed by atoms with van der Waals surface area (Å²) in [7, 11) is 0.